The van der Waals surface area contributed by atoms with E-state index >= 15 is 0 Å². The third-order valence-electron chi connectivity index (χ3n) is 4.88. The van der Waals surface area contributed by atoms with Gasteiger partial charge in [-0.25, -0.2) is 0 Å². The van der Waals surface area contributed by atoms with Crippen molar-refractivity contribution in [1.82, 2.24) is 4.98 Å². The van der Waals surface area contributed by atoms with Gasteiger partial charge in [-0.2, -0.15) is 0 Å². The topological polar surface area (TPSA) is 75.1 Å². The molecule has 0 spiro atoms. The predicted molar refractivity (Wildman–Crippen MR) is 97.3 cm³/mol. The number of fused-ring (bicyclic) bond motifs is 3. The summed E-state index contributed by atoms with van der Waals surface area (Å²) >= 11 is 0. The third kappa shape index (κ3) is 2.76. The maximum absolute atomic E-state index is 12.4. The van der Waals surface area contributed by atoms with Crippen molar-refractivity contribution in [3.8, 4) is 0 Å². The lowest BCUT2D eigenvalue weighted by Gasteiger charge is -2.17. The van der Waals surface area contributed by atoms with Crippen molar-refractivity contribution in [3.63, 3.8) is 0 Å². The predicted octanol–water partition coefficient (Wildman–Crippen LogP) is 3.87. The number of aromatic nitrogens is 1. The van der Waals surface area contributed by atoms with Crippen LogP contribution in [0.1, 0.15) is 45.8 Å². The zero-order chi connectivity index (χ0) is 17.6. The molecule has 1 aliphatic carbocycles. The van der Waals surface area contributed by atoms with Gasteiger partial charge in [0.15, 0.2) is 0 Å². The van der Waals surface area contributed by atoms with Crippen LogP contribution in [0.4, 0.5) is 5.69 Å². The molecule has 1 amide bonds. The highest BCUT2D eigenvalue weighted by Crippen LogP contribution is 2.27. The Hall–Kier alpha value is -2.82. The molecule has 0 atom stereocenters. The van der Waals surface area contributed by atoms with Gasteiger partial charge >= 0.3 is 0 Å². The standard InChI is InChI=1S/C20H20N2O3/c1-11-9-17(12(2)25-11)20(24)21-13-7-8-15-14-5-3-4-6-16(14)19(23)22-18(15)10-13/h7-10H,3-6H2,1-2H3,(H,21,24)(H,22,23). The van der Waals surface area contributed by atoms with Crippen molar-refractivity contribution in [3.05, 3.63) is 62.8 Å². The van der Waals surface area contributed by atoms with Crippen LogP contribution in [-0.4, -0.2) is 10.9 Å². The van der Waals surface area contributed by atoms with Crippen molar-refractivity contribution < 1.29 is 9.21 Å². The van der Waals surface area contributed by atoms with E-state index in [2.05, 4.69) is 10.3 Å². The number of amides is 1. The molecule has 0 bridgehead atoms. The van der Waals surface area contributed by atoms with Crippen LogP contribution < -0.4 is 10.9 Å². The number of carbonyl (C=O) groups excluding carboxylic acids is 1. The molecule has 3 aromatic rings. The number of H-pyrrole nitrogens is 1. The van der Waals surface area contributed by atoms with Gasteiger partial charge in [0.25, 0.3) is 11.5 Å². The average molecular weight is 336 g/mol. The molecule has 2 aromatic heterocycles. The number of rotatable bonds is 2. The van der Waals surface area contributed by atoms with E-state index in [1.165, 1.54) is 0 Å². The fraction of sp³-hybridized carbons (Fsp3) is 0.300. The Balaban J connectivity index is 1.71. The summed E-state index contributed by atoms with van der Waals surface area (Å²) < 4.78 is 5.41. The Kier molecular flexibility index (Phi) is 3.71. The Morgan fingerprint density at radius 3 is 2.60 bits per heavy atom. The second kappa shape index (κ2) is 5.92. The fourth-order valence-electron chi connectivity index (χ4n) is 3.69. The molecule has 0 aliphatic heterocycles. The molecule has 0 radical (unpaired) electrons. The van der Waals surface area contributed by atoms with Crippen molar-refractivity contribution in [2.75, 3.05) is 5.32 Å². The molecule has 0 saturated heterocycles. The summed E-state index contributed by atoms with van der Waals surface area (Å²) in [5, 5.41) is 3.95. The molecule has 0 saturated carbocycles. The average Bonchev–Trinajstić information content (AvgIpc) is 2.93. The van der Waals surface area contributed by atoms with E-state index in [4.69, 9.17) is 4.42 Å². The first-order chi connectivity index (χ1) is 12.0. The fourth-order valence-corrected chi connectivity index (χ4v) is 3.69. The minimum Gasteiger partial charge on any atom is -0.466 e. The minimum absolute atomic E-state index is 0.00743. The second-order valence-corrected chi connectivity index (χ2v) is 6.66. The second-order valence-electron chi connectivity index (χ2n) is 6.66. The van der Waals surface area contributed by atoms with E-state index in [9.17, 15) is 9.59 Å². The molecule has 1 aromatic carbocycles. The zero-order valence-corrected chi connectivity index (χ0v) is 14.4. The van der Waals surface area contributed by atoms with Crippen LogP contribution in [0, 0.1) is 13.8 Å². The summed E-state index contributed by atoms with van der Waals surface area (Å²) in [6.45, 7) is 3.58. The van der Waals surface area contributed by atoms with Gasteiger partial charge in [0.05, 0.1) is 11.1 Å². The first-order valence-electron chi connectivity index (χ1n) is 8.59. The molecule has 0 fully saturated rings. The SMILES string of the molecule is Cc1cc(C(=O)Nc2ccc3c4c(c(=O)[nH]c3c2)CCCC4)c(C)o1. The lowest BCUT2D eigenvalue weighted by atomic mass is 9.90. The number of furan rings is 1. The van der Waals surface area contributed by atoms with E-state index < -0.39 is 0 Å². The lowest BCUT2D eigenvalue weighted by Crippen LogP contribution is -2.19. The monoisotopic (exact) mass is 336 g/mol. The maximum atomic E-state index is 12.4. The van der Waals surface area contributed by atoms with Gasteiger partial charge < -0.3 is 14.7 Å². The van der Waals surface area contributed by atoms with E-state index in [0.29, 0.717) is 22.8 Å². The molecule has 5 heteroatoms. The molecule has 1 aliphatic rings. The number of aryl methyl sites for hydroxylation is 3. The molecule has 5 nitrogen and oxygen atoms in total. The minimum atomic E-state index is -0.214. The van der Waals surface area contributed by atoms with Crippen LogP contribution >= 0.6 is 0 Å². The van der Waals surface area contributed by atoms with Crippen LogP contribution in [0.3, 0.4) is 0 Å². The van der Waals surface area contributed by atoms with Gasteiger partial charge in [0.2, 0.25) is 0 Å². The van der Waals surface area contributed by atoms with Gasteiger partial charge in [-0.05, 0) is 63.3 Å². The van der Waals surface area contributed by atoms with Crippen LogP contribution in [0.2, 0.25) is 0 Å². The van der Waals surface area contributed by atoms with E-state index in [1.54, 1.807) is 13.0 Å². The van der Waals surface area contributed by atoms with Crippen LogP contribution in [-0.2, 0) is 12.8 Å². The largest absolute Gasteiger partial charge is 0.466 e. The van der Waals surface area contributed by atoms with Gasteiger partial charge in [-0.15, -0.1) is 0 Å². The van der Waals surface area contributed by atoms with Crippen molar-refractivity contribution in [1.29, 1.82) is 0 Å². The highest BCUT2D eigenvalue weighted by molar-refractivity contribution is 6.05. The highest BCUT2D eigenvalue weighted by atomic mass is 16.3. The zero-order valence-electron chi connectivity index (χ0n) is 14.4. The van der Waals surface area contributed by atoms with Gasteiger partial charge in [0, 0.05) is 16.6 Å². The summed E-state index contributed by atoms with van der Waals surface area (Å²) in [5.41, 5.74) is 4.01. The summed E-state index contributed by atoms with van der Waals surface area (Å²) in [6.07, 6.45) is 3.97. The number of benzene rings is 1. The van der Waals surface area contributed by atoms with Crippen molar-refractivity contribution in [2.24, 2.45) is 0 Å². The summed E-state index contributed by atoms with van der Waals surface area (Å²) in [5.74, 6) is 1.09. The molecule has 4 rings (SSSR count). The lowest BCUT2D eigenvalue weighted by molar-refractivity contribution is 0.102. The number of pyridine rings is 1. The molecule has 25 heavy (non-hydrogen) atoms. The van der Waals surface area contributed by atoms with Crippen LogP contribution in [0.25, 0.3) is 10.9 Å². The summed E-state index contributed by atoms with van der Waals surface area (Å²) in [7, 11) is 0. The molecule has 0 unspecified atom stereocenters. The number of nitrogens with one attached hydrogen (secondary N) is 2. The summed E-state index contributed by atoms with van der Waals surface area (Å²) in [4.78, 5) is 27.7. The van der Waals surface area contributed by atoms with Crippen molar-refractivity contribution >= 4 is 22.5 Å². The number of hydrogen-bond acceptors (Lipinski definition) is 3. The number of anilines is 1. The molecular formula is C20H20N2O3. The van der Waals surface area contributed by atoms with E-state index in [1.807, 2.05) is 25.1 Å². The van der Waals surface area contributed by atoms with Gasteiger partial charge in [-0.3, -0.25) is 9.59 Å². The highest BCUT2D eigenvalue weighted by Gasteiger charge is 2.17. The van der Waals surface area contributed by atoms with Crippen LogP contribution in [0.5, 0.6) is 0 Å². The Bertz CT molecular complexity index is 1040. The maximum Gasteiger partial charge on any atom is 0.259 e. The van der Waals surface area contributed by atoms with Gasteiger partial charge in [0.1, 0.15) is 11.5 Å². The molecule has 128 valence electrons. The normalized spacial score (nSPS) is 13.7. The number of aromatic amines is 1. The van der Waals surface area contributed by atoms with Crippen LogP contribution in [0.15, 0.2) is 33.5 Å². The Morgan fingerprint density at radius 1 is 1.12 bits per heavy atom. The summed E-state index contributed by atoms with van der Waals surface area (Å²) in [6, 6.07) is 7.42. The Morgan fingerprint density at radius 2 is 1.88 bits per heavy atom. The van der Waals surface area contributed by atoms with Crippen molar-refractivity contribution in [2.45, 2.75) is 39.5 Å². The quantitative estimate of drug-likeness (QED) is 0.746. The Labute approximate surface area is 145 Å². The van der Waals surface area contributed by atoms with E-state index in [0.717, 1.165) is 47.7 Å². The molecule has 2 N–H and O–H groups in total. The smallest absolute Gasteiger partial charge is 0.259 e. The number of hydrogen-bond donors (Lipinski definition) is 2. The molecular weight excluding hydrogens is 316 g/mol. The third-order valence-corrected chi connectivity index (χ3v) is 4.88. The van der Waals surface area contributed by atoms with E-state index in [-0.39, 0.29) is 11.5 Å². The number of carbonyl (C=O) groups is 1. The van der Waals surface area contributed by atoms with Gasteiger partial charge in [-0.1, -0.05) is 6.07 Å². The molecule has 2 heterocycles. The first-order valence-corrected chi connectivity index (χ1v) is 8.59. The first kappa shape index (κ1) is 15.7.